The van der Waals surface area contributed by atoms with Gasteiger partial charge in [-0.15, -0.1) is 10.2 Å². The van der Waals surface area contributed by atoms with Crippen molar-refractivity contribution in [1.29, 1.82) is 0 Å². The van der Waals surface area contributed by atoms with E-state index >= 15 is 0 Å². The highest BCUT2D eigenvalue weighted by atomic mass is 16.1. The number of H-pyrrole nitrogens is 2. The van der Waals surface area contributed by atoms with Crippen molar-refractivity contribution in [2.45, 2.75) is 19.8 Å². The van der Waals surface area contributed by atoms with Gasteiger partial charge in [-0.3, -0.25) is 9.78 Å². The molecule has 0 aliphatic heterocycles. The van der Waals surface area contributed by atoms with Gasteiger partial charge in [0.05, 0.1) is 0 Å². The molecule has 0 unspecified atom stereocenters. The van der Waals surface area contributed by atoms with Crippen LogP contribution in [0.5, 0.6) is 0 Å². The van der Waals surface area contributed by atoms with Crippen LogP contribution in [0.4, 0.5) is 5.95 Å². The second-order valence-electron chi connectivity index (χ2n) is 3.19. The van der Waals surface area contributed by atoms with Crippen LogP contribution in [-0.2, 0) is 0 Å². The second-order valence-corrected chi connectivity index (χ2v) is 3.19. The minimum atomic E-state index is -0.284. The summed E-state index contributed by atoms with van der Waals surface area (Å²) >= 11 is 0. The van der Waals surface area contributed by atoms with E-state index in [0.717, 1.165) is 19.4 Å². The van der Waals surface area contributed by atoms with Crippen LogP contribution in [-0.4, -0.2) is 31.9 Å². The van der Waals surface area contributed by atoms with Crippen LogP contribution in [0.25, 0.3) is 11.2 Å². The van der Waals surface area contributed by atoms with Gasteiger partial charge in [0.2, 0.25) is 11.6 Å². The quantitative estimate of drug-likeness (QED) is 0.625. The lowest BCUT2D eigenvalue weighted by molar-refractivity contribution is 0.826. The Morgan fingerprint density at radius 3 is 3.07 bits per heavy atom. The predicted molar refractivity (Wildman–Crippen MR) is 55.7 cm³/mol. The van der Waals surface area contributed by atoms with Crippen LogP contribution in [0.3, 0.4) is 0 Å². The molecule has 2 rings (SSSR count). The summed E-state index contributed by atoms with van der Waals surface area (Å²) in [5, 5.41) is 12.8. The minimum absolute atomic E-state index is 0.232. The summed E-state index contributed by atoms with van der Waals surface area (Å²) in [6.07, 6.45) is 2.12. The van der Waals surface area contributed by atoms with E-state index in [2.05, 4.69) is 37.6 Å². The van der Waals surface area contributed by atoms with Crippen molar-refractivity contribution in [3.63, 3.8) is 0 Å². The Labute approximate surface area is 85.3 Å². The first-order valence-electron chi connectivity index (χ1n) is 4.86. The van der Waals surface area contributed by atoms with Crippen LogP contribution < -0.4 is 10.9 Å². The fraction of sp³-hybridized carbons (Fsp3) is 0.500. The SMILES string of the molecule is CCCCNc1nc2n[nH]nc2c(=O)[nH]1. The van der Waals surface area contributed by atoms with Crippen LogP contribution in [0.15, 0.2) is 4.79 Å². The Morgan fingerprint density at radius 1 is 1.40 bits per heavy atom. The van der Waals surface area contributed by atoms with E-state index in [1.54, 1.807) is 0 Å². The number of nitrogens with zero attached hydrogens (tertiary/aromatic N) is 3. The zero-order valence-corrected chi connectivity index (χ0v) is 8.37. The molecule has 0 spiro atoms. The van der Waals surface area contributed by atoms with Gasteiger partial charge in [-0.25, -0.2) is 0 Å². The van der Waals surface area contributed by atoms with E-state index in [9.17, 15) is 4.79 Å². The third-order valence-corrected chi connectivity index (χ3v) is 2.02. The summed E-state index contributed by atoms with van der Waals surface area (Å²) in [4.78, 5) is 18.1. The highest BCUT2D eigenvalue weighted by Gasteiger charge is 2.06. The molecule has 0 aromatic carbocycles. The molecule has 0 fully saturated rings. The van der Waals surface area contributed by atoms with Gasteiger partial charge in [0.1, 0.15) is 0 Å². The Bertz CT molecular complexity index is 501. The lowest BCUT2D eigenvalue weighted by Gasteiger charge is -2.02. The van der Waals surface area contributed by atoms with Crippen molar-refractivity contribution in [3.8, 4) is 0 Å². The summed E-state index contributed by atoms with van der Waals surface area (Å²) in [5.41, 5.74) is 0.279. The van der Waals surface area contributed by atoms with Crippen LogP contribution in [0.2, 0.25) is 0 Å². The largest absolute Gasteiger partial charge is 0.356 e. The molecule has 0 aliphatic carbocycles. The van der Waals surface area contributed by atoms with Crippen molar-refractivity contribution in [2.24, 2.45) is 0 Å². The highest BCUT2D eigenvalue weighted by Crippen LogP contribution is 2.01. The van der Waals surface area contributed by atoms with Crippen LogP contribution in [0, 0.1) is 0 Å². The number of hydrogen-bond acceptors (Lipinski definition) is 5. The summed E-state index contributed by atoms with van der Waals surface area (Å²) in [6, 6.07) is 0. The maximum atomic E-state index is 11.4. The number of nitrogens with one attached hydrogen (secondary N) is 3. The molecule has 0 atom stereocenters. The maximum Gasteiger partial charge on any atom is 0.282 e. The first-order valence-corrected chi connectivity index (χ1v) is 4.86. The molecule has 0 radical (unpaired) electrons. The summed E-state index contributed by atoms with van der Waals surface area (Å²) in [7, 11) is 0. The van der Waals surface area contributed by atoms with Gasteiger partial charge in [0, 0.05) is 6.54 Å². The summed E-state index contributed by atoms with van der Waals surface area (Å²) in [5.74, 6) is 0.440. The van der Waals surface area contributed by atoms with Crippen LogP contribution in [0.1, 0.15) is 19.8 Å². The van der Waals surface area contributed by atoms with E-state index in [-0.39, 0.29) is 11.1 Å². The molecular weight excluding hydrogens is 196 g/mol. The molecule has 2 aromatic rings. The average molecular weight is 208 g/mol. The molecule has 2 aromatic heterocycles. The van der Waals surface area contributed by atoms with Gasteiger partial charge in [0.15, 0.2) is 5.52 Å². The fourth-order valence-electron chi connectivity index (χ4n) is 1.22. The molecular formula is C8H12N6O. The van der Waals surface area contributed by atoms with Crippen molar-refractivity contribution in [3.05, 3.63) is 10.4 Å². The van der Waals surface area contributed by atoms with E-state index in [1.165, 1.54) is 0 Å². The minimum Gasteiger partial charge on any atom is -0.356 e. The maximum absolute atomic E-state index is 11.4. The lowest BCUT2D eigenvalue weighted by Crippen LogP contribution is -2.13. The van der Waals surface area contributed by atoms with Gasteiger partial charge in [-0.1, -0.05) is 13.3 Å². The van der Waals surface area contributed by atoms with Crippen molar-refractivity contribution < 1.29 is 0 Å². The molecule has 3 N–H and O–H groups in total. The molecule has 0 aliphatic rings. The molecule has 0 amide bonds. The molecule has 80 valence electrons. The average Bonchev–Trinajstić information content (AvgIpc) is 2.66. The number of hydrogen-bond donors (Lipinski definition) is 3. The number of aromatic nitrogens is 5. The molecule has 0 saturated heterocycles. The van der Waals surface area contributed by atoms with E-state index < -0.39 is 0 Å². The molecule has 2 heterocycles. The molecule has 7 heteroatoms. The first kappa shape index (κ1) is 9.63. The monoisotopic (exact) mass is 208 g/mol. The van der Waals surface area contributed by atoms with Gasteiger partial charge in [-0.2, -0.15) is 10.2 Å². The Balaban J connectivity index is 2.25. The first-order chi connectivity index (χ1) is 7.31. The standard InChI is InChI=1S/C8H12N6O/c1-2-3-4-9-8-10-6-5(7(15)11-8)12-14-13-6/h2-4H2,1H3,(H3,9,10,11,12,13,14,15). The molecule has 15 heavy (non-hydrogen) atoms. The Kier molecular flexibility index (Phi) is 2.61. The zero-order valence-electron chi connectivity index (χ0n) is 8.37. The normalized spacial score (nSPS) is 10.7. The number of aromatic amines is 2. The Morgan fingerprint density at radius 2 is 2.27 bits per heavy atom. The van der Waals surface area contributed by atoms with Gasteiger partial charge < -0.3 is 5.32 Å². The van der Waals surface area contributed by atoms with E-state index in [0.29, 0.717) is 11.6 Å². The molecule has 0 saturated carbocycles. The third kappa shape index (κ3) is 1.95. The van der Waals surface area contributed by atoms with Crippen molar-refractivity contribution >= 4 is 17.1 Å². The van der Waals surface area contributed by atoms with Gasteiger partial charge in [0.25, 0.3) is 5.56 Å². The van der Waals surface area contributed by atoms with E-state index in [4.69, 9.17) is 0 Å². The highest BCUT2D eigenvalue weighted by molar-refractivity contribution is 5.68. The zero-order chi connectivity index (χ0) is 10.7. The lowest BCUT2D eigenvalue weighted by atomic mass is 10.3. The molecule has 7 nitrogen and oxygen atoms in total. The number of fused-ring (bicyclic) bond motifs is 1. The van der Waals surface area contributed by atoms with Crippen molar-refractivity contribution in [2.75, 3.05) is 11.9 Å². The number of unbranched alkanes of at least 4 members (excludes halogenated alkanes) is 1. The van der Waals surface area contributed by atoms with Crippen LogP contribution >= 0.6 is 0 Å². The summed E-state index contributed by atoms with van der Waals surface area (Å²) in [6.45, 7) is 2.88. The number of anilines is 1. The fourth-order valence-corrected chi connectivity index (χ4v) is 1.22. The van der Waals surface area contributed by atoms with E-state index in [1.807, 2.05) is 0 Å². The topological polar surface area (TPSA) is 99.3 Å². The number of rotatable bonds is 4. The third-order valence-electron chi connectivity index (χ3n) is 2.02. The van der Waals surface area contributed by atoms with Gasteiger partial charge >= 0.3 is 0 Å². The predicted octanol–water partition coefficient (Wildman–Crippen LogP) is 0.253. The Hall–Kier alpha value is -1.92. The van der Waals surface area contributed by atoms with Crippen molar-refractivity contribution in [1.82, 2.24) is 25.4 Å². The molecule has 0 bridgehead atoms. The smallest absolute Gasteiger partial charge is 0.282 e. The second kappa shape index (κ2) is 4.07. The van der Waals surface area contributed by atoms with Gasteiger partial charge in [-0.05, 0) is 6.42 Å². The summed E-state index contributed by atoms with van der Waals surface area (Å²) < 4.78 is 0.